The maximum atomic E-state index is 12.3. The summed E-state index contributed by atoms with van der Waals surface area (Å²) in [6.07, 6.45) is 23.6. The molecule has 2 aliphatic heterocycles. The fraction of sp³-hybridized carbons (Fsp3) is 0.906. The summed E-state index contributed by atoms with van der Waals surface area (Å²) in [5, 5.41) is 8.78. The van der Waals surface area contributed by atoms with Crippen LogP contribution >= 0.6 is 0 Å². The highest BCUT2D eigenvalue weighted by Gasteiger charge is 2.36. The van der Waals surface area contributed by atoms with Gasteiger partial charge in [0, 0.05) is 32.7 Å². The van der Waals surface area contributed by atoms with E-state index in [-0.39, 0.29) is 13.2 Å². The Morgan fingerprint density at radius 2 is 1.32 bits per heavy atom. The number of carbonyl (C=O) groups excluding carboxylic acids is 2. The van der Waals surface area contributed by atoms with E-state index in [0.29, 0.717) is 32.5 Å². The molecule has 2 aliphatic rings. The van der Waals surface area contributed by atoms with Gasteiger partial charge in [-0.15, -0.1) is 0 Å². The van der Waals surface area contributed by atoms with Gasteiger partial charge in [0.2, 0.25) is 0 Å². The lowest BCUT2D eigenvalue weighted by Crippen LogP contribution is -2.48. The van der Waals surface area contributed by atoms with E-state index < -0.39 is 17.8 Å². The Morgan fingerprint density at radius 1 is 0.780 bits per heavy atom. The number of carbonyl (C=O) groups is 2. The van der Waals surface area contributed by atoms with E-state index in [2.05, 4.69) is 27.9 Å². The van der Waals surface area contributed by atoms with Crippen LogP contribution in [0.4, 0.5) is 9.59 Å². The van der Waals surface area contributed by atoms with Crippen molar-refractivity contribution in [2.45, 2.75) is 141 Å². The third-order valence-electron chi connectivity index (χ3n) is 8.04. The summed E-state index contributed by atoms with van der Waals surface area (Å²) in [5.41, 5.74) is -0.779. The molecule has 2 amide bonds. The lowest BCUT2D eigenvalue weighted by Gasteiger charge is -2.36. The van der Waals surface area contributed by atoms with Crippen molar-refractivity contribution in [3.8, 4) is 0 Å². The lowest BCUT2D eigenvalue weighted by atomic mass is 9.95. The van der Waals surface area contributed by atoms with Crippen LogP contribution in [0.5, 0.6) is 0 Å². The number of unbranched alkanes of at least 4 members (excludes halogenated alkanes) is 15. The van der Waals surface area contributed by atoms with Crippen molar-refractivity contribution in [3.63, 3.8) is 0 Å². The van der Waals surface area contributed by atoms with Crippen LogP contribution in [0.15, 0.2) is 4.99 Å². The van der Waals surface area contributed by atoms with E-state index in [9.17, 15) is 9.59 Å². The fourth-order valence-corrected chi connectivity index (χ4v) is 5.44. The third-order valence-corrected chi connectivity index (χ3v) is 8.04. The molecule has 1 atom stereocenters. The Morgan fingerprint density at radius 3 is 1.80 bits per heavy atom. The van der Waals surface area contributed by atoms with E-state index >= 15 is 0 Å². The van der Waals surface area contributed by atoms with Gasteiger partial charge < -0.3 is 30.2 Å². The zero-order valence-electron chi connectivity index (χ0n) is 26.1. The van der Waals surface area contributed by atoms with Gasteiger partial charge in [0.15, 0.2) is 0 Å². The number of ether oxygens (including phenoxy) is 3. The summed E-state index contributed by atoms with van der Waals surface area (Å²) in [7, 11) is 0. The van der Waals surface area contributed by atoms with Crippen LogP contribution in [-0.4, -0.2) is 69.6 Å². The van der Waals surface area contributed by atoms with Gasteiger partial charge in [0.25, 0.3) is 0 Å². The van der Waals surface area contributed by atoms with Crippen LogP contribution in [0.1, 0.15) is 135 Å². The fourth-order valence-electron chi connectivity index (χ4n) is 5.44. The van der Waals surface area contributed by atoms with Gasteiger partial charge in [-0.2, -0.15) is 0 Å². The van der Waals surface area contributed by atoms with Crippen LogP contribution in [-0.2, 0) is 14.2 Å². The first-order chi connectivity index (χ1) is 20.1. The molecule has 238 valence electrons. The normalized spacial score (nSPS) is 18.4. The number of amides is 2. The van der Waals surface area contributed by atoms with Crippen molar-refractivity contribution in [2.75, 3.05) is 46.0 Å². The average molecular weight is 581 g/mol. The second-order valence-electron chi connectivity index (χ2n) is 11.8. The molecule has 2 rings (SSSR count). The van der Waals surface area contributed by atoms with Gasteiger partial charge in [-0.25, -0.2) is 9.59 Å². The average Bonchev–Trinajstić information content (AvgIpc) is 3.51. The van der Waals surface area contributed by atoms with Crippen molar-refractivity contribution in [2.24, 2.45) is 4.99 Å². The molecule has 2 heterocycles. The van der Waals surface area contributed by atoms with Crippen LogP contribution in [0.25, 0.3) is 0 Å². The first-order valence-corrected chi connectivity index (χ1v) is 16.9. The molecule has 0 radical (unpaired) electrons. The van der Waals surface area contributed by atoms with Gasteiger partial charge >= 0.3 is 12.2 Å². The standard InChI is InChI=1S/C32H60N4O5/c1-2-3-4-5-6-7-8-9-10-11-12-13-14-15-16-18-22-35-30(37)39-27-32(21-17-19-26-41-32)28-40-31(38)36-23-20-29-33-24-25-34-29/h2-28H2,1H3,(H,33,34)(H,35,37)(H,36,38). The van der Waals surface area contributed by atoms with Crippen molar-refractivity contribution in [3.05, 3.63) is 0 Å². The van der Waals surface area contributed by atoms with Gasteiger partial charge in [0.05, 0.1) is 12.4 Å². The molecule has 0 spiro atoms. The van der Waals surface area contributed by atoms with Gasteiger partial charge in [-0.3, -0.25) is 4.99 Å². The number of hydrogen-bond donors (Lipinski definition) is 3. The van der Waals surface area contributed by atoms with Crippen molar-refractivity contribution < 1.29 is 23.8 Å². The maximum absolute atomic E-state index is 12.3. The number of alkyl carbamates (subject to hydrolysis) is 2. The first-order valence-electron chi connectivity index (χ1n) is 16.9. The molecule has 9 heteroatoms. The highest BCUT2D eigenvalue weighted by atomic mass is 16.6. The van der Waals surface area contributed by atoms with E-state index in [1.807, 2.05) is 0 Å². The predicted molar refractivity (Wildman–Crippen MR) is 166 cm³/mol. The zero-order valence-corrected chi connectivity index (χ0v) is 26.1. The molecular formula is C32H60N4O5. The molecule has 41 heavy (non-hydrogen) atoms. The first kappa shape index (κ1) is 35.2. The van der Waals surface area contributed by atoms with Gasteiger partial charge in [-0.05, 0) is 25.7 Å². The predicted octanol–water partition coefficient (Wildman–Crippen LogP) is 7.03. The van der Waals surface area contributed by atoms with E-state index in [1.165, 1.54) is 89.9 Å². The highest BCUT2D eigenvalue weighted by Crippen LogP contribution is 2.26. The summed E-state index contributed by atoms with van der Waals surface area (Å²) in [6.45, 7) is 5.69. The molecular weight excluding hydrogens is 520 g/mol. The molecule has 9 nitrogen and oxygen atoms in total. The topological polar surface area (TPSA) is 110 Å². The molecule has 1 saturated heterocycles. The van der Waals surface area contributed by atoms with Crippen LogP contribution < -0.4 is 16.0 Å². The van der Waals surface area contributed by atoms with Crippen molar-refractivity contribution in [1.82, 2.24) is 16.0 Å². The maximum Gasteiger partial charge on any atom is 0.407 e. The minimum atomic E-state index is -0.779. The van der Waals surface area contributed by atoms with Crippen LogP contribution in [0.3, 0.4) is 0 Å². The van der Waals surface area contributed by atoms with Gasteiger partial charge in [-0.1, -0.05) is 103 Å². The third kappa shape index (κ3) is 18.2. The van der Waals surface area contributed by atoms with Crippen molar-refractivity contribution >= 4 is 18.0 Å². The number of aliphatic imine (C=N–C) groups is 1. The van der Waals surface area contributed by atoms with Crippen LogP contribution in [0.2, 0.25) is 0 Å². The molecule has 0 aromatic heterocycles. The lowest BCUT2D eigenvalue weighted by molar-refractivity contribution is -0.134. The number of hydrogen-bond acceptors (Lipinski definition) is 7. The minimum Gasteiger partial charge on any atom is -0.446 e. The summed E-state index contributed by atoms with van der Waals surface area (Å²) in [5.74, 6) is 0.913. The van der Waals surface area contributed by atoms with E-state index in [4.69, 9.17) is 14.2 Å². The second kappa shape index (κ2) is 23.5. The number of nitrogens with zero attached hydrogens (tertiary/aromatic N) is 1. The number of rotatable bonds is 24. The molecule has 3 N–H and O–H groups in total. The highest BCUT2D eigenvalue weighted by molar-refractivity contribution is 5.84. The molecule has 0 saturated carbocycles. The summed E-state index contributed by atoms with van der Waals surface area (Å²) in [4.78, 5) is 28.7. The Balaban J connectivity index is 1.42. The molecule has 1 fully saturated rings. The number of amidine groups is 1. The van der Waals surface area contributed by atoms with Gasteiger partial charge in [0.1, 0.15) is 18.8 Å². The Hall–Kier alpha value is -2.03. The second-order valence-corrected chi connectivity index (χ2v) is 11.8. The number of nitrogens with one attached hydrogen (secondary N) is 3. The Kier molecular flexibility index (Phi) is 20.2. The molecule has 0 aliphatic carbocycles. The summed E-state index contributed by atoms with van der Waals surface area (Å²) < 4.78 is 16.9. The van der Waals surface area contributed by atoms with E-state index in [0.717, 1.165) is 44.6 Å². The summed E-state index contributed by atoms with van der Waals surface area (Å²) >= 11 is 0. The Bertz CT molecular complexity index is 712. The van der Waals surface area contributed by atoms with E-state index in [1.54, 1.807) is 0 Å². The molecule has 1 unspecified atom stereocenters. The van der Waals surface area contributed by atoms with Crippen molar-refractivity contribution in [1.29, 1.82) is 0 Å². The smallest absolute Gasteiger partial charge is 0.407 e. The molecule has 0 aromatic rings. The quantitative estimate of drug-likeness (QED) is 0.106. The minimum absolute atomic E-state index is 0.0600. The summed E-state index contributed by atoms with van der Waals surface area (Å²) in [6, 6.07) is 0. The SMILES string of the molecule is CCCCCCCCCCCCCCCCCCNC(=O)OCC1(COC(=O)NCCC2=NCCN2)CCCCO1. The monoisotopic (exact) mass is 580 g/mol. The zero-order chi connectivity index (χ0) is 29.3. The Labute approximate surface area is 249 Å². The van der Waals surface area contributed by atoms with Crippen LogP contribution in [0, 0.1) is 0 Å². The molecule has 0 aromatic carbocycles. The largest absolute Gasteiger partial charge is 0.446 e. The molecule has 0 bridgehead atoms.